The van der Waals surface area contributed by atoms with Crippen molar-refractivity contribution in [3.05, 3.63) is 28.8 Å². The third-order valence-corrected chi connectivity index (χ3v) is 3.92. The predicted molar refractivity (Wildman–Crippen MR) is 73.8 cm³/mol. The molecule has 0 heterocycles. The Bertz CT molecular complexity index is 538. The molecule has 0 unspecified atom stereocenters. The Kier molecular flexibility index (Phi) is 4.18. The van der Waals surface area contributed by atoms with E-state index < -0.39 is 11.5 Å². The summed E-state index contributed by atoms with van der Waals surface area (Å²) in [6, 6.07) is 4.49. The highest BCUT2D eigenvalue weighted by Gasteiger charge is 2.42. The molecule has 1 saturated carbocycles. The third-order valence-electron chi connectivity index (χ3n) is 3.62. The number of phenols is 1. The van der Waals surface area contributed by atoms with Crippen molar-refractivity contribution in [2.75, 3.05) is 0 Å². The van der Waals surface area contributed by atoms with Gasteiger partial charge < -0.3 is 15.5 Å². The van der Waals surface area contributed by atoms with Crippen LogP contribution in [-0.2, 0) is 16.0 Å². The number of aliphatic carboxylic acids is 1. The molecule has 2 rings (SSSR count). The van der Waals surface area contributed by atoms with E-state index in [0.29, 0.717) is 18.4 Å². The van der Waals surface area contributed by atoms with Crippen LogP contribution in [0.25, 0.3) is 0 Å². The molecule has 0 bridgehead atoms. The Balaban J connectivity index is 2.04. The van der Waals surface area contributed by atoms with Crippen molar-refractivity contribution in [1.82, 2.24) is 5.32 Å². The zero-order valence-electron chi connectivity index (χ0n) is 10.9. The normalized spacial score (nSPS) is 16.9. The van der Waals surface area contributed by atoms with Crippen molar-refractivity contribution < 1.29 is 19.8 Å². The van der Waals surface area contributed by atoms with Gasteiger partial charge in [0.2, 0.25) is 5.91 Å². The maximum absolute atomic E-state index is 12.0. The quantitative estimate of drug-likeness (QED) is 0.794. The van der Waals surface area contributed by atoms with Crippen LogP contribution < -0.4 is 5.32 Å². The lowest BCUT2D eigenvalue weighted by atomic mass is 9.97. The van der Waals surface area contributed by atoms with E-state index in [0.717, 1.165) is 12.8 Å². The van der Waals surface area contributed by atoms with Gasteiger partial charge in [-0.2, -0.15) is 0 Å². The Labute approximate surface area is 121 Å². The molecule has 0 atom stereocenters. The summed E-state index contributed by atoms with van der Waals surface area (Å²) in [6.07, 6.45) is 2.57. The number of amides is 1. The Morgan fingerprint density at radius 2 is 1.95 bits per heavy atom. The first-order valence-corrected chi connectivity index (χ1v) is 6.82. The van der Waals surface area contributed by atoms with E-state index in [1.54, 1.807) is 6.07 Å². The highest BCUT2D eigenvalue weighted by Crippen LogP contribution is 2.30. The molecule has 0 saturated heterocycles. The molecule has 1 fully saturated rings. The summed E-state index contributed by atoms with van der Waals surface area (Å²) in [5.41, 5.74) is -0.499. The van der Waals surface area contributed by atoms with E-state index in [1.165, 1.54) is 12.1 Å². The average molecular weight is 298 g/mol. The Morgan fingerprint density at radius 3 is 2.50 bits per heavy atom. The molecule has 3 N–H and O–H groups in total. The average Bonchev–Trinajstić information content (AvgIpc) is 2.83. The fourth-order valence-electron chi connectivity index (χ4n) is 2.53. The number of nitrogens with one attached hydrogen (secondary N) is 1. The van der Waals surface area contributed by atoms with Gasteiger partial charge in [-0.05, 0) is 30.5 Å². The van der Waals surface area contributed by atoms with Crippen molar-refractivity contribution in [2.24, 2.45) is 0 Å². The molecular formula is C14H16ClNO4. The van der Waals surface area contributed by atoms with Crippen molar-refractivity contribution in [3.63, 3.8) is 0 Å². The molecule has 1 aliphatic rings. The van der Waals surface area contributed by atoms with Crippen LogP contribution >= 0.6 is 11.6 Å². The van der Waals surface area contributed by atoms with Crippen molar-refractivity contribution >= 4 is 23.5 Å². The van der Waals surface area contributed by atoms with Crippen molar-refractivity contribution in [1.29, 1.82) is 0 Å². The number of halogens is 1. The molecule has 0 spiro atoms. The maximum atomic E-state index is 12.0. The number of carbonyl (C=O) groups excluding carboxylic acids is 1. The minimum absolute atomic E-state index is 0.0367. The number of benzene rings is 1. The number of hydrogen-bond acceptors (Lipinski definition) is 3. The largest absolute Gasteiger partial charge is 0.506 e. The first kappa shape index (κ1) is 14.7. The smallest absolute Gasteiger partial charge is 0.329 e. The van der Waals surface area contributed by atoms with Crippen LogP contribution in [0, 0.1) is 0 Å². The van der Waals surface area contributed by atoms with E-state index in [4.69, 9.17) is 11.6 Å². The van der Waals surface area contributed by atoms with E-state index in [-0.39, 0.29) is 23.1 Å². The van der Waals surface area contributed by atoms with Crippen LogP contribution in [0.3, 0.4) is 0 Å². The number of phenolic OH excluding ortho intramolecular Hbond substituents is 1. The number of carbonyl (C=O) groups is 2. The van der Waals surface area contributed by atoms with E-state index in [2.05, 4.69) is 5.32 Å². The topological polar surface area (TPSA) is 86.6 Å². The molecule has 1 aromatic carbocycles. The zero-order valence-corrected chi connectivity index (χ0v) is 11.6. The molecule has 20 heavy (non-hydrogen) atoms. The van der Waals surface area contributed by atoms with Gasteiger partial charge in [0.15, 0.2) is 0 Å². The fourth-order valence-corrected chi connectivity index (χ4v) is 2.73. The van der Waals surface area contributed by atoms with Gasteiger partial charge in [-0.1, -0.05) is 30.5 Å². The number of rotatable bonds is 4. The molecule has 5 nitrogen and oxygen atoms in total. The summed E-state index contributed by atoms with van der Waals surface area (Å²) in [7, 11) is 0. The lowest BCUT2D eigenvalue weighted by Crippen LogP contribution is -2.52. The third kappa shape index (κ3) is 3.04. The summed E-state index contributed by atoms with van der Waals surface area (Å²) in [6.45, 7) is 0. The lowest BCUT2D eigenvalue weighted by Gasteiger charge is -2.25. The number of carboxylic acids is 1. The standard InChI is InChI=1S/C14H16ClNO4/c15-10-7-9(3-4-11(10)17)8-12(18)16-14(13(19)20)5-1-2-6-14/h3-4,7,17H,1-2,5-6,8H2,(H,16,18)(H,19,20). The first-order chi connectivity index (χ1) is 9.43. The van der Waals surface area contributed by atoms with Crippen LogP contribution in [0.15, 0.2) is 18.2 Å². The number of carboxylic acid groups (broad SMARTS) is 1. The van der Waals surface area contributed by atoms with E-state index in [1.807, 2.05) is 0 Å². The summed E-state index contributed by atoms with van der Waals surface area (Å²) in [5, 5.41) is 21.4. The van der Waals surface area contributed by atoms with Gasteiger partial charge in [0, 0.05) is 0 Å². The molecule has 0 radical (unpaired) electrons. The molecule has 1 amide bonds. The Hall–Kier alpha value is -1.75. The fraction of sp³-hybridized carbons (Fsp3) is 0.429. The van der Waals surface area contributed by atoms with Crippen LogP contribution in [0.4, 0.5) is 0 Å². The molecule has 0 aromatic heterocycles. The lowest BCUT2D eigenvalue weighted by molar-refractivity contribution is -0.147. The zero-order chi connectivity index (χ0) is 14.8. The van der Waals surface area contributed by atoms with Gasteiger partial charge in [-0.15, -0.1) is 0 Å². The highest BCUT2D eigenvalue weighted by atomic mass is 35.5. The molecule has 6 heteroatoms. The van der Waals surface area contributed by atoms with Gasteiger partial charge in [0.05, 0.1) is 11.4 Å². The number of aromatic hydroxyl groups is 1. The Morgan fingerprint density at radius 1 is 1.30 bits per heavy atom. The highest BCUT2D eigenvalue weighted by molar-refractivity contribution is 6.32. The molecule has 1 aromatic rings. The van der Waals surface area contributed by atoms with Gasteiger partial charge in [0.25, 0.3) is 0 Å². The molecule has 1 aliphatic carbocycles. The molecular weight excluding hydrogens is 282 g/mol. The number of hydrogen-bond donors (Lipinski definition) is 3. The van der Waals surface area contributed by atoms with Crippen LogP contribution in [0.2, 0.25) is 5.02 Å². The maximum Gasteiger partial charge on any atom is 0.329 e. The van der Waals surface area contributed by atoms with Gasteiger partial charge >= 0.3 is 5.97 Å². The van der Waals surface area contributed by atoms with E-state index in [9.17, 15) is 19.8 Å². The SMILES string of the molecule is O=C(Cc1ccc(O)c(Cl)c1)NC1(C(=O)O)CCCC1. The molecule has 108 valence electrons. The first-order valence-electron chi connectivity index (χ1n) is 6.45. The minimum atomic E-state index is -1.13. The second-order valence-corrected chi connectivity index (χ2v) is 5.51. The molecule has 0 aliphatic heterocycles. The second kappa shape index (κ2) is 5.71. The van der Waals surface area contributed by atoms with Crippen LogP contribution in [-0.4, -0.2) is 27.6 Å². The summed E-state index contributed by atoms with van der Waals surface area (Å²) in [5.74, 6) is -1.38. The summed E-state index contributed by atoms with van der Waals surface area (Å²) >= 11 is 5.77. The minimum Gasteiger partial charge on any atom is -0.506 e. The summed E-state index contributed by atoms with van der Waals surface area (Å²) < 4.78 is 0. The van der Waals surface area contributed by atoms with Crippen molar-refractivity contribution in [2.45, 2.75) is 37.6 Å². The summed E-state index contributed by atoms with van der Waals surface area (Å²) in [4.78, 5) is 23.3. The van der Waals surface area contributed by atoms with Crippen LogP contribution in [0.5, 0.6) is 5.75 Å². The van der Waals surface area contributed by atoms with Crippen molar-refractivity contribution in [3.8, 4) is 5.75 Å². The monoisotopic (exact) mass is 297 g/mol. The van der Waals surface area contributed by atoms with E-state index >= 15 is 0 Å². The van der Waals surface area contributed by atoms with Gasteiger partial charge in [-0.3, -0.25) is 4.79 Å². The van der Waals surface area contributed by atoms with Crippen LogP contribution in [0.1, 0.15) is 31.2 Å². The predicted octanol–water partition coefficient (Wildman–Crippen LogP) is 2.10. The van der Waals surface area contributed by atoms with Gasteiger partial charge in [-0.25, -0.2) is 4.79 Å². The second-order valence-electron chi connectivity index (χ2n) is 5.11. The van der Waals surface area contributed by atoms with Gasteiger partial charge in [0.1, 0.15) is 11.3 Å².